The van der Waals surface area contributed by atoms with Gasteiger partial charge in [-0.25, -0.2) is 0 Å². The van der Waals surface area contributed by atoms with Crippen LogP contribution in [0, 0.1) is 0 Å². The summed E-state index contributed by atoms with van der Waals surface area (Å²) in [5, 5.41) is 57.7. The van der Waals surface area contributed by atoms with Gasteiger partial charge in [-0.05, 0) is 0 Å². The van der Waals surface area contributed by atoms with Gasteiger partial charge in [0.25, 0.3) is 0 Å². The summed E-state index contributed by atoms with van der Waals surface area (Å²) in [7, 11) is 1.28. The molecule has 0 aromatic rings. The first kappa shape index (κ1) is 18.9. The van der Waals surface area contributed by atoms with Crippen molar-refractivity contribution < 1.29 is 49.6 Å². The van der Waals surface area contributed by atoms with E-state index in [1.165, 1.54) is 7.11 Å². The summed E-state index contributed by atoms with van der Waals surface area (Å²) >= 11 is 0. The Morgan fingerprint density at radius 2 is 1.61 bits per heavy atom. The summed E-state index contributed by atoms with van der Waals surface area (Å²) in [5.74, 6) is 0. The Kier molecular flexibility index (Phi) is 6.68. The fourth-order valence-corrected chi connectivity index (χ4v) is 2.62. The number of aliphatic hydroxyl groups is 6. The van der Waals surface area contributed by atoms with Crippen LogP contribution in [0.25, 0.3) is 0 Å². The van der Waals surface area contributed by atoms with E-state index in [1.807, 2.05) is 0 Å². The number of ether oxygens (including phenoxy) is 4. The van der Waals surface area contributed by atoms with Crippen LogP contribution in [0.4, 0.5) is 0 Å². The van der Waals surface area contributed by atoms with Gasteiger partial charge >= 0.3 is 0 Å². The van der Waals surface area contributed by atoms with Crippen LogP contribution in [-0.4, -0.2) is 106 Å². The molecule has 0 saturated carbocycles. The van der Waals surface area contributed by atoms with Crippen molar-refractivity contribution in [3.63, 3.8) is 0 Å². The smallest absolute Gasteiger partial charge is 0.186 e. The Morgan fingerprint density at radius 1 is 0.913 bits per heavy atom. The van der Waals surface area contributed by atoms with Crippen LogP contribution in [0.5, 0.6) is 0 Å². The fraction of sp³-hybridized carbons (Fsp3) is 1.00. The van der Waals surface area contributed by atoms with Crippen LogP contribution < -0.4 is 0 Å². The summed E-state index contributed by atoms with van der Waals surface area (Å²) in [5.41, 5.74) is 0. The van der Waals surface area contributed by atoms with Crippen molar-refractivity contribution in [2.45, 2.75) is 61.7 Å². The molecule has 23 heavy (non-hydrogen) atoms. The molecule has 9 atom stereocenters. The number of hydrogen-bond donors (Lipinski definition) is 6. The van der Waals surface area contributed by atoms with Gasteiger partial charge in [0.05, 0.1) is 19.3 Å². The Labute approximate surface area is 132 Å². The Morgan fingerprint density at radius 3 is 2.22 bits per heavy atom. The van der Waals surface area contributed by atoms with Crippen LogP contribution >= 0.6 is 0 Å². The third-order valence-electron chi connectivity index (χ3n) is 4.06. The van der Waals surface area contributed by atoms with Crippen molar-refractivity contribution in [2.75, 3.05) is 20.3 Å². The number of methoxy groups -OCH3 is 1. The molecule has 2 rings (SSSR count). The van der Waals surface area contributed by atoms with Gasteiger partial charge in [-0.3, -0.25) is 0 Å². The van der Waals surface area contributed by atoms with Crippen molar-refractivity contribution in [3.05, 3.63) is 0 Å². The molecule has 2 fully saturated rings. The molecule has 136 valence electrons. The van der Waals surface area contributed by atoms with E-state index in [4.69, 9.17) is 24.1 Å². The van der Waals surface area contributed by atoms with E-state index in [0.29, 0.717) is 0 Å². The lowest BCUT2D eigenvalue weighted by Gasteiger charge is -2.41. The largest absolute Gasteiger partial charge is 0.394 e. The molecule has 6 N–H and O–H groups in total. The molecule has 0 aliphatic carbocycles. The average Bonchev–Trinajstić information content (AvgIpc) is 2.55. The number of aliphatic hydroxyl groups excluding tert-OH is 6. The van der Waals surface area contributed by atoms with Gasteiger partial charge in [0, 0.05) is 13.5 Å². The van der Waals surface area contributed by atoms with Crippen molar-refractivity contribution in [1.29, 1.82) is 0 Å². The lowest BCUT2D eigenvalue weighted by Crippen LogP contribution is -2.59. The Balaban J connectivity index is 1.89. The van der Waals surface area contributed by atoms with Crippen LogP contribution in [0.3, 0.4) is 0 Å². The summed E-state index contributed by atoms with van der Waals surface area (Å²) in [6.45, 7) is -0.701. The molecule has 2 aliphatic heterocycles. The first-order valence-corrected chi connectivity index (χ1v) is 7.35. The Bertz CT molecular complexity index is 367. The molecular weight excluding hydrogens is 316 g/mol. The molecule has 0 amide bonds. The zero-order valence-electron chi connectivity index (χ0n) is 12.6. The maximum Gasteiger partial charge on any atom is 0.186 e. The minimum absolute atomic E-state index is 0.0284. The monoisotopic (exact) mass is 340 g/mol. The Hall–Kier alpha value is -0.400. The van der Waals surface area contributed by atoms with Gasteiger partial charge in [-0.15, -0.1) is 0 Å². The van der Waals surface area contributed by atoms with E-state index >= 15 is 0 Å². The van der Waals surface area contributed by atoms with E-state index in [2.05, 4.69) is 0 Å². The molecule has 0 aromatic carbocycles. The van der Waals surface area contributed by atoms with Gasteiger partial charge in [0.2, 0.25) is 0 Å². The SMILES string of the molecule is CO[C@@H]1O[C@H](CO[C@@H]2C[C@@H](O)[C@H](O)[C@@H](CO)O2)[C@@H](O)[C@H](O)[C@H]1O. The third-order valence-corrected chi connectivity index (χ3v) is 4.06. The van der Waals surface area contributed by atoms with Crippen molar-refractivity contribution in [3.8, 4) is 0 Å². The van der Waals surface area contributed by atoms with Gasteiger partial charge < -0.3 is 49.6 Å². The highest BCUT2D eigenvalue weighted by Crippen LogP contribution is 2.25. The topological polar surface area (TPSA) is 158 Å². The first-order valence-electron chi connectivity index (χ1n) is 7.35. The molecule has 10 nitrogen and oxygen atoms in total. The van der Waals surface area contributed by atoms with Crippen molar-refractivity contribution in [2.24, 2.45) is 0 Å². The number of rotatable bonds is 5. The van der Waals surface area contributed by atoms with Gasteiger partial charge in [-0.2, -0.15) is 0 Å². The molecule has 2 heterocycles. The maximum atomic E-state index is 9.90. The molecular formula is C13H24O10. The molecule has 2 aliphatic rings. The predicted molar refractivity (Wildman–Crippen MR) is 72.0 cm³/mol. The minimum Gasteiger partial charge on any atom is -0.394 e. The fourth-order valence-electron chi connectivity index (χ4n) is 2.62. The van der Waals surface area contributed by atoms with Crippen LogP contribution in [0.1, 0.15) is 6.42 Å². The summed E-state index contributed by atoms with van der Waals surface area (Å²) in [4.78, 5) is 0. The normalized spacial score (nSPS) is 48.4. The molecule has 0 spiro atoms. The summed E-state index contributed by atoms with van der Waals surface area (Å²) in [6, 6.07) is 0. The highest BCUT2D eigenvalue weighted by atomic mass is 16.7. The number of hydrogen-bond acceptors (Lipinski definition) is 10. The summed E-state index contributed by atoms with van der Waals surface area (Å²) < 4.78 is 20.8. The molecule has 10 heteroatoms. The molecule has 0 radical (unpaired) electrons. The van der Waals surface area contributed by atoms with Gasteiger partial charge in [0.1, 0.15) is 36.6 Å². The van der Waals surface area contributed by atoms with Gasteiger partial charge in [-0.1, -0.05) is 0 Å². The van der Waals surface area contributed by atoms with E-state index in [0.717, 1.165) is 0 Å². The van der Waals surface area contributed by atoms with E-state index in [-0.39, 0.29) is 13.0 Å². The second kappa shape index (κ2) is 8.12. The average molecular weight is 340 g/mol. The summed E-state index contributed by atoms with van der Waals surface area (Å²) in [6.07, 6.45) is -10.6. The van der Waals surface area contributed by atoms with Crippen molar-refractivity contribution in [1.82, 2.24) is 0 Å². The maximum absolute atomic E-state index is 9.90. The molecule has 0 unspecified atom stereocenters. The first-order chi connectivity index (χ1) is 10.9. The van der Waals surface area contributed by atoms with E-state index in [1.54, 1.807) is 0 Å². The van der Waals surface area contributed by atoms with Crippen molar-refractivity contribution >= 4 is 0 Å². The zero-order valence-corrected chi connectivity index (χ0v) is 12.6. The van der Waals surface area contributed by atoms with Crippen LogP contribution in [-0.2, 0) is 18.9 Å². The van der Waals surface area contributed by atoms with E-state index in [9.17, 15) is 25.5 Å². The highest BCUT2D eigenvalue weighted by molar-refractivity contribution is 4.89. The quantitative estimate of drug-likeness (QED) is 0.294. The zero-order chi connectivity index (χ0) is 17.1. The van der Waals surface area contributed by atoms with Gasteiger partial charge in [0.15, 0.2) is 12.6 Å². The second-order valence-corrected chi connectivity index (χ2v) is 5.66. The van der Waals surface area contributed by atoms with Crippen LogP contribution in [0.15, 0.2) is 0 Å². The standard InChI is InChI=1S/C13H24O10/c1-20-13-12(19)11(18)10(17)7(23-13)4-21-8-2-5(15)9(16)6(3-14)22-8/h5-19H,2-4H2,1H3/t5-,6-,7-,8+,9+,10-,11+,12-,13-/m1/s1. The second-order valence-electron chi connectivity index (χ2n) is 5.66. The molecule has 0 aromatic heterocycles. The molecule has 0 bridgehead atoms. The lowest BCUT2D eigenvalue weighted by molar-refractivity contribution is -0.312. The third kappa shape index (κ3) is 4.17. The predicted octanol–water partition coefficient (Wildman–Crippen LogP) is -3.71. The van der Waals surface area contributed by atoms with E-state index < -0.39 is 61.9 Å². The lowest BCUT2D eigenvalue weighted by atomic mass is 9.99. The highest BCUT2D eigenvalue weighted by Gasteiger charge is 2.45. The minimum atomic E-state index is -1.47. The van der Waals surface area contributed by atoms with Crippen LogP contribution in [0.2, 0.25) is 0 Å². The molecule has 2 saturated heterocycles.